The lowest BCUT2D eigenvalue weighted by atomic mass is 10.1. The van der Waals surface area contributed by atoms with Crippen molar-refractivity contribution in [3.8, 4) is 11.6 Å². The highest BCUT2D eigenvalue weighted by molar-refractivity contribution is 5.36. The van der Waals surface area contributed by atoms with E-state index in [1.807, 2.05) is 19.1 Å². The SMILES string of the molecule is Cc1cccc(Oc2ncccc2CC(C)N)c1F. The molecule has 0 fully saturated rings. The average molecular weight is 260 g/mol. The molecule has 1 aromatic heterocycles. The van der Waals surface area contributed by atoms with E-state index in [4.69, 9.17) is 10.5 Å². The van der Waals surface area contributed by atoms with Crippen LogP contribution in [0.25, 0.3) is 0 Å². The molecule has 0 amide bonds. The van der Waals surface area contributed by atoms with Gasteiger partial charge in [-0.15, -0.1) is 0 Å². The molecule has 19 heavy (non-hydrogen) atoms. The van der Waals surface area contributed by atoms with Crippen LogP contribution in [0.1, 0.15) is 18.1 Å². The van der Waals surface area contributed by atoms with E-state index in [-0.39, 0.29) is 17.6 Å². The predicted octanol–water partition coefficient (Wildman–Crippen LogP) is 3.21. The molecule has 1 heterocycles. The summed E-state index contributed by atoms with van der Waals surface area (Å²) in [5.41, 5.74) is 7.20. The third-order valence-electron chi connectivity index (χ3n) is 2.75. The predicted molar refractivity (Wildman–Crippen MR) is 72.8 cm³/mol. The van der Waals surface area contributed by atoms with Crippen LogP contribution in [0.2, 0.25) is 0 Å². The maximum Gasteiger partial charge on any atom is 0.222 e. The molecule has 2 rings (SSSR count). The van der Waals surface area contributed by atoms with Gasteiger partial charge in [-0.25, -0.2) is 9.37 Å². The quantitative estimate of drug-likeness (QED) is 0.918. The number of hydrogen-bond acceptors (Lipinski definition) is 3. The molecule has 0 saturated heterocycles. The number of aryl methyl sites for hydroxylation is 1. The van der Waals surface area contributed by atoms with Crippen LogP contribution in [0.5, 0.6) is 11.6 Å². The van der Waals surface area contributed by atoms with E-state index in [1.54, 1.807) is 31.3 Å². The minimum atomic E-state index is -0.361. The lowest BCUT2D eigenvalue weighted by Crippen LogP contribution is -2.18. The summed E-state index contributed by atoms with van der Waals surface area (Å²) in [5, 5.41) is 0. The van der Waals surface area contributed by atoms with Gasteiger partial charge < -0.3 is 10.5 Å². The minimum Gasteiger partial charge on any atom is -0.436 e. The molecule has 0 radical (unpaired) electrons. The fourth-order valence-corrected chi connectivity index (χ4v) is 1.82. The highest BCUT2D eigenvalue weighted by atomic mass is 19.1. The van der Waals surface area contributed by atoms with Gasteiger partial charge in [-0.05, 0) is 38.0 Å². The maximum absolute atomic E-state index is 13.9. The van der Waals surface area contributed by atoms with Crippen molar-refractivity contribution < 1.29 is 9.13 Å². The molecule has 100 valence electrons. The lowest BCUT2D eigenvalue weighted by Gasteiger charge is -2.12. The minimum absolute atomic E-state index is 0.00564. The first-order valence-electron chi connectivity index (χ1n) is 6.20. The number of nitrogens with zero attached hydrogens (tertiary/aromatic N) is 1. The summed E-state index contributed by atoms with van der Waals surface area (Å²) in [5.74, 6) is 0.230. The van der Waals surface area contributed by atoms with Crippen molar-refractivity contribution in [3.05, 3.63) is 53.5 Å². The zero-order valence-corrected chi connectivity index (χ0v) is 11.1. The van der Waals surface area contributed by atoms with Gasteiger partial charge in [-0.1, -0.05) is 18.2 Å². The molecular weight excluding hydrogens is 243 g/mol. The van der Waals surface area contributed by atoms with E-state index in [9.17, 15) is 4.39 Å². The van der Waals surface area contributed by atoms with Crippen LogP contribution in [0.4, 0.5) is 4.39 Å². The molecular formula is C15H17FN2O. The third kappa shape index (κ3) is 3.29. The Hall–Kier alpha value is -1.94. The van der Waals surface area contributed by atoms with E-state index in [1.165, 1.54) is 0 Å². The topological polar surface area (TPSA) is 48.1 Å². The molecule has 1 aromatic carbocycles. The molecule has 2 aromatic rings. The highest BCUT2D eigenvalue weighted by Gasteiger charge is 2.11. The van der Waals surface area contributed by atoms with Crippen LogP contribution in [0, 0.1) is 12.7 Å². The number of benzene rings is 1. The van der Waals surface area contributed by atoms with Crippen molar-refractivity contribution in [1.82, 2.24) is 4.98 Å². The third-order valence-corrected chi connectivity index (χ3v) is 2.75. The molecule has 1 unspecified atom stereocenters. The standard InChI is InChI=1S/C15H17FN2O/c1-10-5-3-7-13(14(10)16)19-15-12(9-11(2)17)6-4-8-18-15/h3-8,11H,9,17H2,1-2H3. The van der Waals surface area contributed by atoms with Crippen LogP contribution in [-0.2, 0) is 6.42 Å². The largest absolute Gasteiger partial charge is 0.436 e. The van der Waals surface area contributed by atoms with Crippen LogP contribution < -0.4 is 10.5 Å². The van der Waals surface area contributed by atoms with Gasteiger partial charge in [0, 0.05) is 17.8 Å². The van der Waals surface area contributed by atoms with Gasteiger partial charge in [0.25, 0.3) is 0 Å². The normalized spacial score (nSPS) is 12.2. The van der Waals surface area contributed by atoms with Crippen molar-refractivity contribution in [2.24, 2.45) is 5.73 Å². The van der Waals surface area contributed by atoms with Gasteiger partial charge in [0.05, 0.1) is 0 Å². The Labute approximate surface area is 112 Å². The van der Waals surface area contributed by atoms with Crippen molar-refractivity contribution in [1.29, 1.82) is 0 Å². The zero-order chi connectivity index (χ0) is 13.8. The molecule has 2 N–H and O–H groups in total. The number of nitrogens with two attached hydrogens (primary N) is 1. The van der Waals surface area contributed by atoms with Crippen LogP contribution in [0.3, 0.4) is 0 Å². The van der Waals surface area contributed by atoms with E-state index < -0.39 is 0 Å². The highest BCUT2D eigenvalue weighted by Crippen LogP contribution is 2.27. The van der Waals surface area contributed by atoms with Crippen LogP contribution in [-0.4, -0.2) is 11.0 Å². The van der Waals surface area contributed by atoms with Crippen molar-refractivity contribution in [2.45, 2.75) is 26.3 Å². The van der Waals surface area contributed by atoms with Gasteiger partial charge in [-0.2, -0.15) is 0 Å². The van der Waals surface area contributed by atoms with E-state index in [0.29, 0.717) is 17.9 Å². The van der Waals surface area contributed by atoms with E-state index >= 15 is 0 Å². The van der Waals surface area contributed by atoms with Crippen molar-refractivity contribution in [3.63, 3.8) is 0 Å². The fourth-order valence-electron chi connectivity index (χ4n) is 1.82. The summed E-state index contributed by atoms with van der Waals surface area (Å²) < 4.78 is 19.5. The summed E-state index contributed by atoms with van der Waals surface area (Å²) in [6.45, 7) is 3.60. The van der Waals surface area contributed by atoms with E-state index in [0.717, 1.165) is 5.56 Å². The number of hydrogen-bond donors (Lipinski definition) is 1. The monoisotopic (exact) mass is 260 g/mol. The maximum atomic E-state index is 13.9. The molecule has 0 spiro atoms. The second-order valence-electron chi connectivity index (χ2n) is 4.64. The zero-order valence-electron chi connectivity index (χ0n) is 11.1. The van der Waals surface area contributed by atoms with Crippen molar-refractivity contribution in [2.75, 3.05) is 0 Å². The average Bonchev–Trinajstić information content (AvgIpc) is 2.36. The number of aromatic nitrogens is 1. The fraction of sp³-hybridized carbons (Fsp3) is 0.267. The van der Waals surface area contributed by atoms with E-state index in [2.05, 4.69) is 4.98 Å². The Morgan fingerprint density at radius 3 is 2.84 bits per heavy atom. The first-order chi connectivity index (χ1) is 9.08. The Morgan fingerprint density at radius 1 is 1.32 bits per heavy atom. The molecule has 4 heteroatoms. The summed E-state index contributed by atoms with van der Waals surface area (Å²) in [6, 6.07) is 8.74. The summed E-state index contributed by atoms with van der Waals surface area (Å²) in [4.78, 5) is 4.15. The molecule has 0 aliphatic heterocycles. The molecule has 1 atom stereocenters. The number of halogens is 1. The van der Waals surface area contributed by atoms with Crippen LogP contribution >= 0.6 is 0 Å². The Morgan fingerprint density at radius 2 is 2.11 bits per heavy atom. The van der Waals surface area contributed by atoms with Gasteiger partial charge in [-0.3, -0.25) is 0 Å². The molecule has 0 saturated carbocycles. The second-order valence-corrected chi connectivity index (χ2v) is 4.64. The first-order valence-corrected chi connectivity index (χ1v) is 6.20. The van der Waals surface area contributed by atoms with Gasteiger partial charge in [0.15, 0.2) is 11.6 Å². The summed E-state index contributed by atoms with van der Waals surface area (Å²) in [6.07, 6.45) is 2.25. The lowest BCUT2D eigenvalue weighted by molar-refractivity contribution is 0.419. The summed E-state index contributed by atoms with van der Waals surface area (Å²) >= 11 is 0. The first kappa shape index (κ1) is 13.5. The Kier molecular flexibility index (Phi) is 4.12. The smallest absolute Gasteiger partial charge is 0.222 e. The molecule has 0 aliphatic rings. The van der Waals surface area contributed by atoms with Gasteiger partial charge in [0.2, 0.25) is 5.88 Å². The molecule has 0 aliphatic carbocycles. The second kappa shape index (κ2) is 5.80. The van der Waals surface area contributed by atoms with Gasteiger partial charge >= 0.3 is 0 Å². The number of rotatable bonds is 4. The summed E-state index contributed by atoms with van der Waals surface area (Å²) in [7, 11) is 0. The van der Waals surface area contributed by atoms with Gasteiger partial charge in [0.1, 0.15) is 0 Å². The number of pyridine rings is 1. The molecule has 0 bridgehead atoms. The Balaban J connectivity index is 2.30. The number of ether oxygens (including phenoxy) is 1. The van der Waals surface area contributed by atoms with Crippen LogP contribution in [0.15, 0.2) is 36.5 Å². The molecule has 3 nitrogen and oxygen atoms in total. The van der Waals surface area contributed by atoms with Crippen molar-refractivity contribution >= 4 is 0 Å². The Bertz CT molecular complexity index is 570.